The minimum atomic E-state index is 1.20. The highest BCUT2D eigenvalue weighted by molar-refractivity contribution is 7.99. The Morgan fingerprint density at radius 3 is 3.18 bits per heavy atom. The topological polar surface area (TPSA) is 12.9 Å². The summed E-state index contributed by atoms with van der Waals surface area (Å²) in [6.45, 7) is 2.21. The first-order valence-electron chi connectivity index (χ1n) is 3.88. The number of hydrogen-bond acceptors (Lipinski definition) is 2. The molecule has 0 aromatic carbocycles. The molecule has 0 fully saturated rings. The van der Waals surface area contributed by atoms with Gasteiger partial charge in [-0.1, -0.05) is 13.3 Å². The molecule has 2 heteroatoms. The summed E-state index contributed by atoms with van der Waals surface area (Å²) in [6.07, 6.45) is 7.17. The van der Waals surface area contributed by atoms with E-state index < -0.39 is 0 Å². The molecule has 0 saturated carbocycles. The van der Waals surface area contributed by atoms with Gasteiger partial charge >= 0.3 is 0 Å². The molecule has 1 aromatic heterocycles. The van der Waals surface area contributed by atoms with Crippen LogP contribution in [0.1, 0.15) is 19.8 Å². The molecule has 11 heavy (non-hydrogen) atoms. The SMILES string of the molecule is CCCCSc1cc[c]nc1. The van der Waals surface area contributed by atoms with Crippen molar-refractivity contribution in [1.29, 1.82) is 0 Å². The highest BCUT2D eigenvalue weighted by Gasteiger charge is 1.90. The Labute approximate surface area is 72.2 Å². The van der Waals surface area contributed by atoms with Crippen molar-refractivity contribution in [2.45, 2.75) is 24.7 Å². The monoisotopic (exact) mass is 166 g/mol. The second-order valence-electron chi connectivity index (χ2n) is 2.33. The van der Waals surface area contributed by atoms with Crippen molar-refractivity contribution in [3.8, 4) is 0 Å². The predicted molar refractivity (Wildman–Crippen MR) is 48.7 cm³/mol. The average Bonchev–Trinajstić information content (AvgIpc) is 2.07. The fourth-order valence-corrected chi connectivity index (χ4v) is 1.69. The van der Waals surface area contributed by atoms with Gasteiger partial charge < -0.3 is 0 Å². The fraction of sp³-hybridized carbons (Fsp3) is 0.444. The van der Waals surface area contributed by atoms with Crippen LogP contribution in [0.25, 0.3) is 0 Å². The molecule has 0 spiro atoms. The molecule has 1 heterocycles. The lowest BCUT2D eigenvalue weighted by atomic mass is 10.4. The minimum Gasteiger partial charge on any atom is -0.253 e. The summed E-state index contributed by atoms with van der Waals surface area (Å²) < 4.78 is 0. The first-order valence-corrected chi connectivity index (χ1v) is 4.87. The number of rotatable bonds is 4. The molecule has 0 bridgehead atoms. The molecular formula is C9H12NS. The van der Waals surface area contributed by atoms with Gasteiger partial charge in [-0.05, 0) is 24.3 Å². The van der Waals surface area contributed by atoms with E-state index in [1.54, 1.807) is 0 Å². The Bertz CT molecular complexity index is 186. The average molecular weight is 166 g/mol. The van der Waals surface area contributed by atoms with E-state index in [-0.39, 0.29) is 0 Å². The van der Waals surface area contributed by atoms with Crippen LogP contribution < -0.4 is 0 Å². The number of aromatic nitrogens is 1. The van der Waals surface area contributed by atoms with Gasteiger partial charge in [0.15, 0.2) is 0 Å². The second-order valence-corrected chi connectivity index (χ2v) is 3.49. The number of pyridine rings is 1. The summed E-state index contributed by atoms with van der Waals surface area (Å²) in [5.74, 6) is 1.20. The van der Waals surface area contributed by atoms with Crippen LogP contribution in [-0.2, 0) is 0 Å². The molecule has 0 N–H and O–H groups in total. The quantitative estimate of drug-likeness (QED) is 0.504. The standard InChI is InChI=1S/C9H12NS/c1-2-3-7-11-9-5-4-6-10-8-9/h4-5,8H,2-3,7H2,1H3. The van der Waals surface area contributed by atoms with E-state index in [0.717, 1.165) is 0 Å². The maximum Gasteiger partial charge on any atom is 0.0886 e. The Morgan fingerprint density at radius 2 is 2.55 bits per heavy atom. The van der Waals surface area contributed by atoms with E-state index in [2.05, 4.69) is 18.1 Å². The molecule has 0 aliphatic rings. The molecule has 1 aromatic rings. The van der Waals surface area contributed by atoms with Gasteiger partial charge in [-0.2, -0.15) is 0 Å². The number of unbranched alkanes of at least 4 members (excludes halogenated alkanes) is 1. The van der Waals surface area contributed by atoms with E-state index in [0.29, 0.717) is 0 Å². The molecule has 0 aliphatic heterocycles. The first kappa shape index (κ1) is 8.60. The molecule has 0 aliphatic carbocycles. The van der Waals surface area contributed by atoms with Crippen LogP contribution in [-0.4, -0.2) is 10.7 Å². The van der Waals surface area contributed by atoms with Crippen molar-refractivity contribution in [1.82, 2.24) is 4.98 Å². The van der Waals surface area contributed by atoms with E-state index >= 15 is 0 Å². The number of nitrogens with zero attached hydrogens (tertiary/aromatic N) is 1. The molecule has 1 nitrogen and oxygen atoms in total. The predicted octanol–water partition coefficient (Wildman–Crippen LogP) is 2.77. The molecular weight excluding hydrogens is 154 g/mol. The van der Waals surface area contributed by atoms with Crippen LogP contribution in [0, 0.1) is 6.20 Å². The maximum atomic E-state index is 3.92. The van der Waals surface area contributed by atoms with Crippen molar-refractivity contribution in [2.75, 3.05) is 5.75 Å². The van der Waals surface area contributed by atoms with Gasteiger partial charge in [-0.25, -0.2) is 0 Å². The molecule has 0 unspecified atom stereocenters. The molecule has 59 valence electrons. The Morgan fingerprint density at radius 1 is 1.64 bits per heavy atom. The first-order chi connectivity index (χ1) is 5.43. The van der Waals surface area contributed by atoms with E-state index in [9.17, 15) is 0 Å². The van der Waals surface area contributed by atoms with E-state index in [1.807, 2.05) is 30.1 Å². The van der Waals surface area contributed by atoms with Gasteiger partial charge in [0, 0.05) is 11.1 Å². The van der Waals surface area contributed by atoms with E-state index in [4.69, 9.17) is 0 Å². The van der Waals surface area contributed by atoms with Gasteiger partial charge in [0.05, 0.1) is 6.20 Å². The van der Waals surface area contributed by atoms with Crippen LogP contribution in [0.4, 0.5) is 0 Å². The Kier molecular flexibility index (Phi) is 4.06. The van der Waals surface area contributed by atoms with Crippen LogP contribution in [0.2, 0.25) is 0 Å². The molecule has 1 rings (SSSR count). The number of hydrogen-bond donors (Lipinski definition) is 0. The molecule has 0 atom stereocenters. The van der Waals surface area contributed by atoms with Crippen LogP contribution >= 0.6 is 11.8 Å². The van der Waals surface area contributed by atoms with Crippen molar-refractivity contribution in [3.63, 3.8) is 0 Å². The lowest BCUT2D eigenvalue weighted by Crippen LogP contribution is -1.78. The van der Waals surface area contributed by atoms with Gasteiger partial charge in [0.1, 0.15) is 0 Å². The third kappa shape index (κ3) is 3.42. The summed E-state index contributed by atoms with van der Waals surface area (Å²) in [7, 11) is 0. The maximum absolute atomic E-state index is 3.92. The van der Waals surface area contributed by atoms with Crippen molar-refractivity contribution >= 4 is 11.8 Å². The second kappa shape index (κ2) is 5.19. The lowest BCUT2D eigenvalue weighted by Gasteiger charge is -1.97. The third-order valence-corrected chi connectivity index (χ3v) is 2.42. The normalized spacial score (nSPS) is 9.91. The summed E-state index contributed by atoms with van der Waals surface area (Å²) in [5, 5.41) is 0. The van der Waals surface area contributed by atoms with Gasteiger partial charge in [-0.3, -0.25) is 4.98 Å². The van der Waals surface area contributed by atoms with Crippen LogP contribution in [0.3, 0.4) is 0 Å². The zero-order chi connectivity index (χ0) is 7.94. The van der Waals surface area contributed by atoms with Crippen molar-refractivity contribution in [3.05, 3.63) is 24.5 Å². The zero-order valence-electron chi connectivity index (χ0n) is 6.71. The highest BCUT2D eigenvalue weighted by atomic mass is 32.2. The summed E-state index contributed by atoms with van der Waals surface area (Å²) in [4.78, 5) is 5.16. The smallest absolute Gasteiger partial charge is 0.0886 e. The zero-order valence-corrected chi connectivity index (χ0v) is 7.53. The van der Waals surface area contributed by atoms with E-state index in [1.165, 1.54) is 23.5 Å². The Hall–Kier alpha value is -0.500. The van der Waals surface area contributed by atoms with Crippen molar-refractivity contribution in [2.24, 2.45) is 0 Å². The summed E-state index contributed by atoms with van der Waals surface area (Å²) in [6, 6.07) is 3.90. The fourth-order valence-electron chi connectivity index (χ4n) is 0.726. The Balaban J connectivity index is 2.28. The minimum absolute atomic E-state index is 1.20. The summed E-state index contributed by atoms with van der Waals surface area (Å²) >= 11 is 1.86. The van der Waals surface area contributed by atoms with Gasteiger partial charge in [0.25, 0.3) is 0 Å². The van der Waals surface area contributed by atoms with Crippen LogP contribution in [0.5, 0.6) is 0 Å². The largest absolute Gasteiger partial charge is 0.253 e. The molecule has 1 radical (unpaired) electrons. The molecule has 0 saturated heterocycles. The third-order valence-electron chi connectivity index (χ3n) is 1.36. The number of thioether (sulfide) groups is 1. The lowest BCUT2D eigenvalue weighted by molar-refractivity contribution is 0.896. The molecule has 0 amide bonds. The van der Waals surface area contributed by atoms with Gasteiger partial charge in [0.2, 0.25) is 0 Å². The van der Waals surface area contributed by atoms with Crippen molar-refractivity contribution < 1.29 is 0 Å². The summed E-state index contributed by atoms with van der Waals surface area (Å²) in [5.41, 5.74) is 0. The van der Waals surface area contributed by atoms with Gasteiger partial charge in [-0.15, -0.1) is 11.8 Å². The van der Waals surface area contributed by atoms with Crippen LogP contribution in [0.15, 0.2) is 23.2 Å². The highest BCUT2D eigenvalue weighted by Crippen LogP contribution is 2.16.